The molecule has 1 aromatic rings. The van der Waals surface area contributed by atoms with Crippen LogP contribution >= 0.6 is 11.8 Å². The topological polar surface area (TPSA) is 64.3 Å². The number of hydrogen-bond acceptors (Lipinski definition) is 4. The second-order valence-electron chi connectivity index (χ2n) is 4.60. The van der Waals surface area contributed by atoms with Gasteiger partial charge >= 0.3 is 0 Å². The lowest BCUT2D eigenvalue weighted by atomic mass is 10.3. The van der Waals surface area contributed by atoms with E-state index in [9.17, 15) is 9.18 Å². The van der Waals surface area contributed by atoms with Crippen LogP contribution in [0.1, 0.15) is 20.3 Å². The predicted molar refractivity (Wildman–Crippen MR) is 80.3 cm³/mol. The third kappa shape index (κ3) is 6.77. The first kappa shape index (κ1) is 16.8. The van der Waals surface area contributed by atoms with Crippen molar-refractivity contribution in [3.05, 3.63) is 24.0 Å². The average molecular weight is 300 g/mol. The number of nitrogen functional groups attached to an aromatic ring is 1. The zero-order valence-corrected chi connectivity index (χ0v) is 12.6. The van der Waals surface area contributed by atoms with Crippen LogP contribution in [0.15, 0.2) is 23.1 Å². The Morgan fingerprint density at radius 2 is 2.25 bits per heavy atom. The molecule has 0 saturated carbocycles. The highest BCUT2D eigenvalue weighted by Crippen LogP contribution is 2.23. The van der Waals surface area contributed by atoms with Crippen molar-refractivity contribution >= 4 is 23.4 Å². The number of nitrogens with two attached hydrogens (primary N) is 1. The van der Waals surface area contributed by atoms with Gasteiger partial charge in [0, 0.05) is 23.7 Å². The molecule has 0 aromatic heterocycles. The van der Waals surface area contributed by atoms with Gasteiger partial charge < -0.3 is 15.8 Å². The van der Waals surface area contributed by atoms with Gasteiger partial charge in [0.25, 0.3) is 0 Å². The molecule has 0 saturated heterocycles. The molecule has 0 unspecified atom stereocenters. The molecule has 1 rings (SSSR count). The van der Waals surface area contributed by atoms with Crippen LogP contribution in [0.3, 0.4) is 0 Å². The summed E-state index contributed by atoms with van der Waals surface area (Å²) >= 11 is 1.16. The summed E-state index contributed by atoms with van der Waals surface area (Å²) in [5.74, 6) is -0.324. The minimum atomic E-state index is -0.395. The maximum Gasteiger partial charge on any atom is 0.230 e. The van der Waals surface area contributed by atoms with E-state index in [1.807, 2.05) is 13.8 Å². The number of hydrogen-bond donors (Lipinski definition) is 2. The van der Waals surface area contributed by atoms with Gasteiger partial charge in [0.1, 0.15) is 5.82 Å². The summed E-state index contributed by atoms with van der Waals surface area (Å²) in [6, 6.07) is 4.45. The standard InChI is InChI=1S/C14H21FN2O2S/c1-10(2)19-7-3-6-17-14(18)9-20-13-5-4-11(16)8-12(13)15/h4-5,8,10H,3,6-7,9,16H2,1-2H3,(H,17,18). The Kier molecular flexibility index (Phi) is 7.40. The van der Waals surface area contributed by atoms with E-state index in [0.29, 0.717) is 23.7 Å². The number of anilines is 1. The number of rotatable bonds is 8. The van der Waals surface area contributed by atoms with E-state index in [4.69, 9.17) is 10.5 Å². The second kappa shape index (κ2) is 8.81. The van der Waals surface area contributed by atoms with Gasteiger partial charge in [-0.3, -0.25) is 4.79 Å². The molecule has 20 heavy (non-hydrogen) atoms. The Bertz CT molecular complexity index is 441. The van der Waals surface area contributed by atoms with Gasteiger partial charge in [-0.2, -0.15) is 0 Å². The van der Waals surface area contributed by atoms with Crippen LogP contribution in [0.2, 0.25) is 0 Å². The zero-order chi connectivity index (χ0) is 15.0. The normalized spacial score (nSPS) is 10.8. The lowest BCUT2D eigenvalue weighted by molar-refractivity contribution is -0.118. The highest BCUT2D eigenvalue weighted by atomic mass is 32.2. The van der Waals surface area contributed by atoms with Crippen LogP contribution < -0.4 is 11.1 Å². The van der Waals surface area contributed by atoms with Crippen molar-refractivity contribution in [3.8, 4) is 0 Å². The molecule has 0 heterocycles. The average Bonchev–Trinajstić information content (AvgIpc) is 2.37. The Labute approximate surface area is 123 Å². The molecule has 0 atom stereocenters. The quantitative estimate of drug-likeness (QED) is 0.440. The summed E-state index contributed by atoms with van der Waals surface area (Å²) in [5, 5.41) is 2.77. The number of ether oxygens (including phenoxy) is 1. The molecular weight excluding hydrogens is 279 g/mol. The van der Waals surface area contributed by atoms with Crippen molar-refractivity contribution in [3.63, 3.8) is 0 Å². The van der Waals surface area contributed by atoms with Crippen molar-refractivity contribution in [2.75, 3.05) is 24.6 Å². The molecule has 4 nitrogen and oxygen atoms in total. The fraction of sp³-hybridized carbons (Fsp3) is 0.500. The minimum Gasteiger partial charge on any atom is -0.399 e. The van der Waals surface area contributed by atoms with E-state index in [-0.39, 0.29) is 17.8 Å². The van der Waals surface area contributed by atoms with Crippen LogP contribution in [0.4, 0.5) is 10.1 Å². The fourth-order valence-corrected chi connectivity index (χ4v) is 2.20. The summed E-state index contributed by atoms with van der Waals surface area (Å²) in [4.78, 5) is 12.0. The third-order valence-corrected chi connectivity index (χ3v) is 3.46. The van der Waals surface area contributed by atoms with E-state index in [1.54, 1.807) is 12.1 Å². The molecule has 0 fully saturated rings. The molecule has 1 amide bonds. The Hall–Kier alpha value is -1.27. The molecule has 0 aliphatic carbocycles. The Balaban J connectivity index is 2.19. The molecule has 0 aliphatic rings. The van der Waals surface area contributed by atoms with E-state index in [1.165, 1.54) is 6.07 Å². The first-order chi connectivity index (χ1) is 9.49. The van der Waals surface area contributed by atoms with E-state index < -0.39 is 5.82 Å². The molecule has 0 spiro atoms. The van der Waals surface area contributed by atoms with Crippen LogP contribution in [0, 0.1) is 5.82 Å². The van der Waals surface area contributed by atoms with Crippen LogP contribution in [0.5, 0.6) is 0 Å². The second-order valence-corrected chi connectivity index (χ2v) is 5.62. The molecule has 112 valence electrons. The van der Waals surface area contributed by atoms with Crippen LogP contribution in [-0.4, -0.2) is 30.9 Å². The molecule has 1 aromatic carbocycles. The number of carbonyl (C=O) groups excluding carboxylic acids is 1. The SMILES string of the molecule is CC(C)OCCCNC(=O)CSc1ccc(N)cc1F. The molecule has 6 heteroatoms. The molecule has 0 radical (unpaired) electrons. The van der Waals surface area contributed by atoms with Gasteiger partial charge in [0.05, 0.1) is 11.9 Å². The smallest absolute Gasteiger partial charge is 0.230 e. The third-order valence-electron chi connectivity index (χ3n) is 2.41. The van der Waals surface area contributed by atoms with Gasteiger partial charge in [-0.1, -0.05) is 0 Å². The first-order valence-corrected chi connectivity index (χ1v) is 7.53. The number of thioether (sulfide) groups is 1. The van der Waals surface area contributed by atoms with E-state index in [0.717, 1.165) is 18.2 Å². The monoisotopic (exact) mass is 300 g/mol. The number of amides is 1. The number of benzene rings is 1. The lowest BCUT2D eigenvalue weighted by Gasteiger charge is -2.08. The summed E-state index contributed by atoms with van der Waals surface area (Å²) in [7, 11) is 0. The van der Waals surface area contributed by atoms with E-state index in [2.05, 4.69) is 5.32 Å². The van der Waals surface area contributed by atoms with Crippen molar-refractivity contribution in [1.29, 1.82) is 0 Å². The molecule has 0 bridgehead atoms. The number of halogens is 1. The molecule has 3 N–H and O–H groups in total. The van der Waals surface area contributed by atoms with Crippen molar-refractivity contribution in [2.45, 2.75) is 31.3 Å². The fourth-order valence-electron chi connectivity index (χ4n) is 1.45. The van der Waals surface area contributed by atoms with Gasteiger partial charge in [-0.05, 0) is 38.5 Å². The lowest BCUT2D eigenvalue weighted by Crippen LogP contribution is -2.27. The van der Waals surface area contributed by atoms with Crippen LogP contribution in [-0.2, 0) is 9.53 Å². The largest absolute Gasteiger partial charge is 0.399 e. The summed E-state index contributed by atoms with van der Waals surface area (Å²) < 4.78 is 18.8. The van der Waals surface area contributed by atoms with Crippen molar-refractivity contribution < 1.29 is 13.9 Å². The van der Waals surface area contributed by atoms with Crippen LogP contribution in [0.25, 0.3) is 0 Å². The van der Waals surface area contributed by atoms with Gasteiger partial charge in [-0.15, -0.1) is 11.8 Å². The van der Waals surface area contributed by atoms with Gasteiger partial charge in [0.15, 0.2) is 0 Å². The van der Waals surface area contributed by atoms with E-state index >= 15 is 0 Å². The maximum absolute atomic E-state index is 13.5. The molecule has 0 aliphatic heterocycles. The van der Waals surface area contributed by atoms with Crippen molar-refractivity contribution in [1.82, 2.24) is 5.32 Å². The summed E-state index contributed by atoms with van der Waals surface area (Å²) in [6.07, 6.45) is 0.972. The Morgan fingerprint density at radius 1 is 1.50 bits per heavy atom. The minimum absolute atomic E-state index is 0.115. The maximum atomic E-state index is 13.5. The summed E-state index contributed by atoms with van der Waals surface area (Å²) in [5.41, 5.74) is 5.83. The zero-order valence-electron chi connectivity index (χ0n) is 11.8. The highest BCUT2D eigenvalue weighted by Gasteiger charge is 2.07. The van der Waals surface area contributed by atoms with Crippen molar-refractivity contribution in [2.24, 2.45) is 0 Å². The van der Waals surface area contributed by atoms with Gasteiger partial charge in [0.2, 0.25) is 5.91 Å². The first-order valence-electron chi connectivity index (χ1n) is 6.55. The Morgan fingerprint density at radius 3 is 2.90 bits per heavy atom. The number of nitrogens with one attached hydrogen (secondary N) is 1. The predicted octanol–water partition coefficient (Wildman–Crippen LogP) is 2.43. The van der Waals surface area contributed by atoms with Gasteiger partial charge in [-0.25, -0.2) is 4.39 Å². The summed E-state index contributed by atoms with van der Waals surface area (Å²) in [6.45, 7) is 5.13. The molecular formula is C14H21FN2O2S. The highest BCUT2D eigenvalue weighted by molar-refractivity contribution is 8.00. The number of carbonyl (C=O) groups is 1.